The number of aryl methyl sites for hydroxylation is 1. The van der Waals surface area contributed by atoms with E-state index in [9.17, 15) is 9.50 Å². The Hall–Kier alpha value is -2.63. The van der Waals surface area contributed by atoms with E-state index >= 15 is 0 Å². The summed E-state index contributed by atoms with van der Waals surface area (Å²) in [5, 5.41) is 13.4. The van der Waals surface area contributed by atoms with Crippen LogP contribution in [0, 0.1) is 12.7 Å². The molecule has 0 saturated heterocycles. The third-order valence-electron chi connectivity index (χ3n) is 2.70. The fourth-order valence-electron chi connectivity index (χ4n) is 1.74. The summed E-state index contributed by atoms with van der Waals surface area (Å²) in [5.74, 6) is -0.329. The van der Waals surface area contributed by atoms with Crippen LogP contribution in [0.2, 0.25) is 0 Å². The third kappa shape index (κ3) is 1.87. The largest absolute Gasteiger partial charge is 0.507 e. The van der Waals surface area contributed by atoms with Gasteiger partial charge in [0.25, 0.3) is 5.89 Å². The number of hydrogen-bond donors (Lipinski definition) is 1. The molecule has 3 aromatic rings. The van der Waals surface area contributed by atoms with E-state index in [1.807, 2.05) is 6.92 Å². The molecule has 0 bridgehead atoms. The van der Waals surface area contributed by atoms with Crippen molar-refractivity contribution < 1.29 is 18.4 Å². The van der Waals surface area contributed by atoms with Crippen LogP contribution < -0.4 is 0 Å². The van der Waals surface area contributed by atoms with E-state index in [1.165, 1.54) is 24.5 Å². The molecule has 0 radical (unpaired) electrons. The van der Waals surface area contributed by atoms with E-state index in [2.05, 4.69) is 10.1 Å². The molecule has 0 saturated carbocycles. The molecule has 0 aliphatic heterocycles. The summed E-state index contributed by atoms with van der Waals surface area (Å²) < 4.78 is 23.8. The highest BCUT2D eigenvalue weighted by molar-refractivity contribution is 5.64. The maximum atomic E-state index is 13.7. The van der Waals surface area contributed by atoms with E-state index < -0.39 is 5.82 Å². The fourth-order valence-corrected chi connectivity index (χ4v) is 1.74. The van der Waals surface area contributed by atoms with Crippen LogP contribution in [0.5, 0.6) is 5.75 Å². The molecule has 0 fully saturated rings. The summed E-state index contributed by atoms with van der Waals surface area (Å²) in [4.78, 5) is 4.03. The number of hydrogen-bond acceptors (Lipinski definition) is 5. The first-order valence-corrected chi connectivity index (χ1v) is 5.53. The zero-order valence-corrected chi connectivity index (χ0v) is 9.92. The molecule has 2 heterocycles. The van der Waals surface area contributed by atoms with Gasteiger partial charge in [-0.3, -0.25) is 0 Å². The van der Waals surface area contributed by atoms with Gasteiger partial charge in [-0.25, -0.2) is 4.39 Å². The molecule has 0 spiro atoms. The number of furan rings is 1. The summed E-state index contributed by atoms with van der Waals surface area (Å²) in [5.41, 5.74) is 0.718. The van der Waals surface area contributed by atoms with Gasteiger partial charge in [-0.15, -0.1) is 0 Å². The van der Waals surface area contributed by atoms with Crippen molar-refractivity contribution in [3.63, 3.8) is 0 Å². The van der Waals surface area contributed by atoms with Crippen molar-refractivity contribution >= 4 is 0 Å². The lowest BCUT2D eigenvalue weighted by Crippen LogP contribution is -1.86. The molecule has 0 atom stereocenters. The van der Waals surface area contributed by atoms with Crippen LogP contribution in [0.15, 0.2) is 39.5 Å². The minimum atomic E-state index is -0.633. The van der Waals surface area contributed by atoms with Gasteiger partial charge in [0.1, 0.15) is 17.1 Å². The average molecular weight is 260 g/mol. The van der Waals surface area contributed by atoms with Crippen LogP contribution in [0.4, 0.5) is 4.39 Å². The number of aromatic hydroxyl groups is 1. The molecule has 0 aliphatic rings. The molecular weight excluding hydrogens is 251 g/mol. The van der Waals surface area contributed by atoms with Crippen molar-refractivity contribution in [3.8, 4) is 28.8 Å². The Bertz CT molecular complexity index is 713. The van der Waals surface area contributed by atoms with E-state index in [0.29, 0.717) is 5.76 Å². The van der Waals surface area contributed by atoms with Gasteiger partial charge >= 0.3 is 0 Å². The van der Waals surface area contributed by atoms with Gasteiger partial charge in [0.2, 0.25) is 5.82 Å². The molecular formula is C13H9FN2O3. The molecule has 19 heavy (non-hydrogen) atoms. The Morgan fingerprint density at radius 1 is 1.26 bits per heavy atom. The highest BCUT2D eigenvalue weighted by Crippen LogP contribution is 2.32. The van der Waals surface area contributed by atoms with E-state index in [1.54, 1.807) is 6.07 Å². The molecule has 0 unspecified atom stereocenters. The number of rotatable bonds is 2. The van der Waals surface area contributed by atoms with E-state index in [0.717, 1.165) is 5.56 Å². The molecule has 0 aliphatic carbocycles. The topological polar surface area (TPSA) is 72.3 Å². The Kier molecular flexibility index (Phi) is 2.56. The highest BCUT2D eigenvalue weighted by Gasteiger charge is 2.20. The quantitative estimate of drug-likeness (QED) is 0.766. The van der Waals surface area contributed by atoms with Crippen molar-refractivity contribution in [1.82, 2.24) is 10.1 Å². The van der Waals surface area contributed by atoms with Crippen molar-refractivity contribution in [3.05, 3.63) is 41.9 Å². The van der Waals surface area contributed by atoms with Gasteiger partial charge in [0.05, 0.1) is 6.26 Å². The number of benzene rings is 1. The smallest absolute Gasteiger partial charge is 0.265 e. The highest BCUT2D eigenvalue weighted by atomic mass is 19.1. The molecule has 5 nitrogen and oxygen atoms in total. The number of phenolic OH excluding ortho intramolecular Hbond substituents is 1. The average Bonchev–Trinajstić information content (AvgIpc) is 2.98. The van der Waals surface area contributed by atoms with Crippen LogP contribution in [0.1, 0.15) is 5.56 Å². The predicted octanol–water partition coefficient (Wildman–Crippen LogP) is 3.15. The van der Waals surface area contributed by atoms with Gasteiger partial charge < -0.3 is 14.0 Å². The Morgan fingerprint density at radius 3 is 2.79 bits per heavy atom. The third-order valence-corrected chi connectivity index (χ3v) is 2.70. The van der Waals surface area contributed by atoms with Crippen LogP contribution in [-0.4, -0.2) is 15.2 Å². The predicted molar refractivity (Wildman–Crippen MR) is 63.8 cm³/mol. The second-order valence-corrected chi connectivity index (χ2v) is 3.99. The Balaban J connectivity index is 2.10. The second kappa shape index (κ2) is 4.24. The van der Waals surface area contributed by atoms with Crippen LogP contribution >= 0.6 is 0 Å². The number of nitrogens with zero attached hydrogens (tertiary/aromatic N) is 2. The first kappa shape index (κ1) is 11.5. The zero-order chi connectivity index (χ0) is 13.4. The fraction of sp³-hybridized carbons (Fsp3) is 0.0769. The first-order chi connectivity index (χ1) is 9.16. The molecule has 2 aromatic heterocycles. The Labute approximate surface area is 107 Å². The minimum Gasteiger partial charge on any atom is -0.507 e. The van der Waals surface area contributed by atoms with E-state index in [-0.39, 0.29) is 23.0 Å². The maximum absolute atomic E-state index is 13.7. The summed E-state index contributed by atoms with van der Waals surface area (Å²) in [6, 6.07) is 5.70. The van der Waals surface area contributed by atoms with Gasteiger partial charge in [-0.2, -0.15) is 4.98 Å². The summed E-state index contributed by atoms with van der Waals surface area (Å²) in [7, 11) is 0. The summed E-state index contributed by atoms with van der Waals surface area (Å²) >= 11 is 0. The molecule has 0 amide bonds. The van der Waals surface area contributed by atoms with Crippen molar-refractivity contribution in [2.45, 2.75) is 6.92 Å². The van der Waals surface area contributed by atoms with Crippen LogP contribution in [0.25, 0.3) is 23.0 Å². The molecule has 6 heteroatoms. The summed E-state index contributed by atoms with van der Waals surface area (Å²) in [6.45, 7) is 1.83. The van der Waals surface area contributed by atoms with E-state index in [4.69, 9.17) is 8.94 Å². The molecule has 96 valence electrons. The lowest BCUT2D eigenvalue weighted by Gasteiger charge is -1.99. The normalized spacial score (nSPS) is 10.8. The SMILES string of the molecule is Cc1ccoc1-c1noc(-c2c(O)cccc2F)n1. The standard InChI is InChI=1S/C13H9FN2O3/c1-7-5-6-18-11(7)12-15-13(19-16-12)10-8(14)3-2-4-9(10)17/h2-6,17H,1H3. The van der Waals surface area contributed by atoms with Gasteiger partial charge in [0, 0.05) is 0 Å². The summed E-state index contributed by atoms with van der Waals surface area (Å²) in [6.07, 6.45) is 1.50. The number of aromatic nitrogens is 2. The Morgan fingerprint density at radius 2 is 2.11 bits per heavy atom. The monoisotopic (exact) mass is 260 g/mol. The van der Waals surface area contributed by atoms with Crippen molar-refractivity contribution in [2.24, 2.45) is 0 Å². The van der Waals surface area contributed by atoms with Gasteiger partial charge in [-0.1, -0.05) is 11.2 Å². The maximum Gasteiger partial charge on any atom is 0.265 e. The minimum absolute atomic E-state index is 0.0959. The number of halogens is 1. The molecule has 1 N–H and O–H groups in total. The lowest BCUT2D eigenvalue weighted by atomic mass is 10.2. The van der Waals surface area contributed by atoms with Crippen molar-refractivity contribution in [2.75, 3.05) is 0 Å². The van der Waals surface area contributed by atoms with Gasteiger partial charge in [-0.05, 0) is 30.7 Å². The van der Waals surface area contributed by atoms with Gasteiger partial charge in [0.15, 0.2) is 5.76 Å². The molecule has 3 rings (SSSR count). The first-order valence-electron chi connectivity index (χ1n) is 5.53. The van der Waals surface area contributed by atoms with Crippen molar-refractivity contribution in [1.29, 1.82) is 0 Å². The zero-order valence-electron chi connectivity index (χ0n) is 9.92. The van der Waals surface area contributed by atoms with Crippen LogP contribution in [-0.2, 0) is 0 Å². The second-order valence-electron chi connectivity index (χ2n) is 3.99. The number of phenols is 1. The molecule has 1 aromatic carbocycles. The van der Waals surface area contributed by atoms with Crippen LogP contribution in [0.3, 0.4) is 0 Å². The lowest BCUT2D eigenvalue weighted by molar-refractivity contribution is 0.419.